The second-order valence-corrected chi connectivity index (χ2v) is 6.69. The number of sulfonamides is 1. The molecule has 0 aliphatic rings. The Hall–Kier alpha value is -1.18. The molecule has 0 aliphatic heterocycles. The fourth-order valence-corrected chi connectivity index (χ4v) is 3.59. The molecular formula is C13H22FN3O2S. The van der Waals surface area contributed by atoms with Gasteiger partial charge in [-0.2, -0.15) is 4.31 Å². The number of hydrogen-bond acceptors (Lipinski definition) is 4. The first-order valence-electron chi connectivity index (χ1n) is 6.49. The number of rotatable bonds is 7. The van der Waals surface area contributed by atoms with Gasteiger partial charge in [-0.25, -0.2) is 12.8 Å². The monoisotopic (exact) mass is 303 g/mol. The van der Waals surface area contributed by atoms with E-state index in [4.69, 9.17) is 5.73 Å². The largest absolute Gasteiger partial charge is 0.398 e. The summed E-state index contributed by atoms with van der Waals surface area (Å²) in [4.78, 5) is 1.55. The van der Waals surface area contributed by atoms with Crippen molar-refractivity contribution in [2.24, 2.45) is 0 Å². The Balaban J connectivity index is 3.01. The molecule has 0 atom stereocenters. The zero-order valence-corrected chi connectivity index (χ0v) is 13.0. The minimum absolute atomic E-state index is 0.0592. The van der Waals surface area contributed by atoms with E-state index in [9.17, 15) is 12.8 Å². The maximum absolute atomic E-state index is 13.8. The molecule has 0 aromatic heterocycles. The summed E-state index contributed by atoms with van der Waals surface area (Å²) >= 11 is 0. The van der Waals surface area contributed by atoms with E-state index in [0.717, 1.165) is 12.6 Å². The minimum Gasteiger partial charge on any atom is -0.398 e. The van der Waals surface area contributed by atoms with Crippen LogP contribution < -0.4 is 5.73 Å². The molecule has 114 valence electrons. The van der Waals surface area contributed by atoms with Crippen LogP contribution in [0.1, 0.15) is 13.3 Å². The maximum atomic E-state index is 13.8. The van der Waals surface area contributed by atoms with E-state index < -0.39 is 20.7 Å². The van der Waals surface area contributed by atoms with Crippen LogP contribution >= 0.6 is 0 Å². The zero-order valence-electron chi connectivity index (χ0n) is 12.1. The Morgan fingerprint density at radius 1 is 1.25 bits per heavy atom. The lowest BCUT2D eigenvalue weighted by Gasteiger charge is -2.22. The normalized spacial score (nSPS) is 12.3. The van der Waals surface area contributed by atoms with E-state index in [2.05, 4.69) is 0 Å². The average Bonchev–Trinajstić information content (AvgIpc) is 2.33. The highest BCUT2D eigenvalue weighted by atomic mass is 32.2. The van der Waals surface area contributed by atoms with Crippen LogP contribution in [-0.2, 0) is 10.0 Å². The van der Waals surface area contributed by atoms with Gasteiger partial charge in [0, 0.05) is 13.1 Å². The third kappa shape index (κ3) is 3.91. The molecule has 20 heavy (non-hydrogen) atoms. The van der Waals surface area contributed by atoms with Gasteiger partial charge in [0.1, 0.15) is 10.7 Å². The molecule has 1 aromatic rings. The van der Waals surface area contributed by atoms with Gasteiger partial charge in [0.2, 0.25) is 10.0 Å². The molecule has 0 spiro atoms. The van der Waals surface area contributed by atoms with E-state index >= 15 is 0 Å². The van der Waals surface area contributed by atoms with Gasteiger partial charge in [-0.1, -0.05) is 13.0 Å². The van der Waals surface area contributed by atoms with Crippen molar-refractivity contribution in [3.63, 3.8) is 0 Å². The van der Waals surface area contributed by atoms with E-state index in [1.807, 2.05) is 19.0 Å². The molecule has 0 saturated heterocycles. The van der Waals surface area contributed by atoms with E-state index in [1.165, 1.54) is 16.4 Å². The van der Waals surface area contributed by atoms with Crippen molar-refractivity contribution in [2.75, 3.05) is 39.5 Å². The molecule has 0 amide bonds. The van der Waals surface area contributed by atoms with Crippen LogP contribution in [0.2, 0.25) is 0 Å². The molecule has 7 heteroatoms. The van der Waals surface area contributed by atoms with E-state index in [1.54, 1.807) is 6.92 Å². The first-order valence-corrected chi connectivity index (χ1v) is 7.93. The zero-order chi connectivity index (χ0) is 15.3. The lowest BCUT2D eigenvalue weighted by atomic mass is 10.3. The Kier molecular flexibility index (Phi) is 5.91. The summed E-state index contributed by atoms with van der Waals surface area (Å²) in [5, 5.41) is 0. The van der Waals surface area contributed by atoms with Gasteiger partial charge in [-0.3, -0.25) is 0 Å². The van der Waals surface area contributed by atoms with Crippen LogP contribution in [-0.4, -0.2) is 51.4 Å². The number of benzene rings is 1. The Bertz CT molecular complexity index is 526. The molecule has 0 heterocycles. The highest BCUT2D eigenvalue weighted by Crippen LogP contribution is 2.25. The lowest BCUT2D eigenvalue weighted by molar-refractivity contribution is 0.355. The predicted octanol–water partition coefficient (Wildman–Crippen LogP) is 1.37. The van der Waals surface area contributed by atoms with Crippen molar-refractivity contribution >= 4 is 15.7 Å². The second-order valence-electron chi connectivity index (χ2n) is 4.81. The summed E-state index contributed by atoms with van der Waals surface area (Å²) in [5.74, 6) is -0.809. The molecule has 0 bridgehead atoms. The lowest BCUT2D eigenvalue weighted by Crippen LogP contribution is -2.34. The Morgan fingerprint density at radius 3 is 2.40 bits per heavy atom. The number of halogens is 1. The van der Waals surface area contributed by atoms with Crippen LogP contribution in [0.25, 0.3) is 0 Å². The van der Waals surface area contributed by atoms with Crippen LogP contribution in [0.5, 0.6) is 0 Å². The smallest absolute Gasteiger partial charge is 0.248 e. The van der Waals surface area contributed by atoms with Crippen molar-refractivity contribution in [1.29, 1.82) is 0 Å². The molecule has 0 aliphatic carbocycles. The van der Waals surface area contributed by atoms with Crippen molar-refractivity contribution in [3.8, 4) is 0 Å². The van der Waals surface area contributed by atoms with Gasteiger partial charge in [-0.15, -0.1) is 0 Å². The number of anilines is 1. The van der Waals surface area contributed by atoms with Crippen LogP contribution in [0.3, 0.4) is 0 Å². The van der Waals surface area contributed by atoms with Gasteiger partial charge < -0.3 is 10.6 Å². The van der Waals surface area contributed by atoms with E-state index in [-0.39, 0.29) is 12.2 Å². The van der Waals surface area contributed by atoms with E-state index in [0.29, 0.717) is 13.0 Å². The summed E-state index contributed by atoms with van der Waals surface area (Å²) in [6.07, 6.45) is 0.675. The molecule has 0 radical (unpaired) electrons. The SMILES string of the molecule is CCN(CCCN(C)C)S(=O)(=O)c1c(N)cccc1F. The molecule has 0 saturated carbocycles. The summed E-state index contributed by atoms with van der Waals surface area (Å²) in [6, 6.07) is 3.90. The van der Waals surface area contributed by atoms with Gasteiger partial charge in [-0.05, 0) is 39.2 Å². The number of nitrogens with two attached hydrogens (primary N) is 1. The fourth-order valence-electron chi connectivity index (χ4n) is 1.94. The quantitative estimate of drug-likeness (QED) is 0.773. The average molecular weight is 303 g/mol. The molecule has 0 fully saturated rings. The third-order valence-electron chi connectivity index (χ3n) is 2.96. The van der Waals surface area contributed by atoms with Gasteiger partial charge in [0.25, 0.3) is 0 Å². The molecular weight excluding hydrogens is 281 g/mol. The topological polar surface area (TPSA) is 66.6 Å². The summed E-state index contributed by atoms with van der Waals surface area (Å²) in [6.45, 7) is 3.11. The van der Waals surface area contributed by atoms with Crippen molar-refractivity contribution in [3.05, 3.63) is 24.0 Å². The summed E-state index contributed by atoms with van der Waals surface area (Å²) in [5.41, 5.74) is 5.56. The molecule has 0 unspecified atom stereocenters. The van der Waals surface area contributed by atoms with Crippen LogP contribution in [0, 0.1) is 5.82 Å². The molecule has 1 rings (SSSR count). The van der Waals surface area contributed by atoms with Gasteiger partial charge in [0.15, 0.2) is 0 Å². The predicted molar refractivity (Wildman–Crippen MR) is 78.4 cm³/mol. The molecule has 2 N–H and O–H groups in total. The third-order valence-corrected chi connectivity index (χ3v) is 5.03. The Labute approximate surface area is 120 Å². The first-order chi connectivity index (χ1) is 9.30. The van der Waals surface area contributed by atoms with Crippen molar-refractivity contribution in [2.45, 2.75) is 18.2 Å². The second kappa shape index (κ2) is 7.01. The molecule has 1 aromatic carbocycles. The fraction of sp³-hybridized carbons (Fsp3) is 0.538. The standard InChI is InChI=1S/C13H22FN3O2S/c1-4-17(10-6-9-16(2)3)20(18,19)13-11(14)7-5-8-12(13)15/h5,7-8H,4,6,9-10,15H2,1-3H3. The highest BCUT2D eigenvalue weighted by molar-refractivity contribution is 7.89. The number of nitrogen functional groups attached to an aromatic ring is 1. The van der Waals surface area contributed by atoms with Gasteiger partial charge >= 0.3 is 0 Å². The Morgan fingerprint density at radius 2 is 1.90 bits per heavy atom. The van der Waals surface area contributed by atoms with Crippen LogP contribution in [0.4, 0.5) is 10.1 Å². The summed E-state index contributed by atoms with van der Waals surface area (Å²) < 4.78 is 40.0. The molecule has 5 nitrogen and oxygen atoms in total. The van der Waals surface area contributed by atoms with Crippen molar-refractivity contribution < 1.29 is 12.8 Å². The van der Waals surface area contributed by atoms with Gasteiger partial charge in [0.05, 0.1) is 5.69 Å². The maximum Gasteiger partial charge on any atom is 0.248 e. The summed E-state index contributed by atoms with van der Waals surface area (Å²) in [7, 11) is -0.0630. The van der Waals surface area contributed by atoms with Crippen LogP contribution in [0.15, 0.2) is 23.1 Å². The van der Waals surface area contributed by atoms with Crippen molar-refractivity contribution in [1.82, 2.24) is 9.21 Å². The highest BCUT2D eigenvalue weighted by Gasteiger charge is 2.28. The minimum atomic E-state index is -3.90. The first kappa shape index (κ1) is 16.9. The number of nitrogens with zero attached hydrogens (tertiary/aromatic N) is 2. The number of hydrogen-bond donors (Lipinski definition) is 1.